The number of hydrogen-bond acceptors (Lipinski definition) is 4. The molecule has 0 spiro atoms. The Morgan fingerprint density at radius 2 is 1.83 bits per heavy atom. The van der Waals surface area contributed by atoms with E-state index in [4.69, 9.17) is 4.74 Å². The average molecular weight is 327 g/mol. The first-order valence-corrected chi connectivity index (χ1v) is 7.69. The molecule has 1 aromatic carbocycles. The number of nitrogens with zero attached hydrogens (tertiary/aromatic N) is 3. The molecule has 0 saturated carbocycles. The fourth-order valence-corrected chi connectivity index (χ4v) is 2.02. The molecule has 0 aliphatic heterocycles. The first-order chi connectivity index (χ1) is 11.5. The second kappa shape index (κ2) is 8.10. The zero-order valence-corrected chi connectivity index (χ0v) is 14.1. The normalized spacial score (nSPS) is 10.1. The fraction of sp³-hybridized carbons (Fsp3) is 0.278. The number of ether oxygens (including phenoxy) is 1. The second-order valence-corrected chi connectivity index (χ2v) is 5.41. The number of rotatable bonds is 6. The van der Waals surface area contributed by atoms with Gasteiger partial charge in [-0.1, -0.05) is 18.2 Å². The summed E-state index contributed by atoms with van der Waals surface area (Å²) in [4.78, 5) is 31.5. The molecule has 2 aromatic rings. The summed E-state index contributed by atoms with van der Waals surface area (Å²) < 4.78 is 5.64. The number of pyridine rings is 1. The lowest BCUT2D eigenvalue weighted by Gasteiger charge is -2.22. The molecule has 1 aromatic heterocycles. The van der Waals surface area contributed by atoms with Crippen molar-refractivity contribution in [3.05, 3.63) is 54.2 Å². The zero-order chi connectivity index (χ0) is 17.5. The van der Waals surface area contributed by atoms with Crippen LogP contribution in [0, 0.1) is 0 Å². The van der Waals surface area contributed by atoms with Crippen LogP contribution in [0.5, 0.6) is 11.6 Å². The van der Waals surface area contributed by atoms with Gasteiger partial charge in [-0.2, -0.15) is 0 Å². The van der Waals surface area contributed by atoms with E-state index in [0.29, 0.717) is 23.7 Å². The van der Waals surface area contributed by atoms with E-state index in [-0.39, 0.29) is 18.4 Å². The van der Waals surface area contributed by atoms with Crippen LogP contribution in [-0.2, 0) is 4.79 Å². The Bertz CT molecular complexity index is 702. The van der Waals surface area contributed by atoms with E-state index in [1.165, 1.54) is 16.0 Å². The minimum Gasteiger partial charge on any atom is -0.439 e. The highest BCUT2D eigenvalue weighted by molar-refractivity contribution is 5.96. The maximum Gasteiger partial charge on any atom is 0.254 e. The molecule has 2 amide bonds. The Morgan fingerprint density at radius 1 is 1.12 bits per heavy atom. The van der Waals surface area contributed by atoms with E-state index in [1.54, 1.807) is 26.2 Å². The molecule has 1 heterocycles. The number of aromatic nitrogens is 1. The quantitative estimate of drug-likeness (QED) is 0.817. The summed E-state index contributed by atoms with van der Waals surface area (Å²) in [5.74, 6) is 0.625. The average Bonchev–Trinajstić information content (AvgIpc) is 2.60. The van der Waals surface area contributed by atoms with Crippen LogP contribution >= 0.6 is 0 Å². The Balaban J connectivity index is 2.14. The van der Waals surface area contributed by atoms with E-state index >= 15 is 0 Å². The van der Waals surface area contributed by atoms with E-state index in [1.807, 2.05) is 37.3 Å². The van der Waals surface area contributed by atoms with Crippen molar-refractivity contribution < 1.29 is 14.3 Å². The van der Waals surface area contributed by atoms with Gasteiger partial charge >= 0.3 is 0 Å². The van der Waals surface area contributed by atoms with Crippen LogP contribution in [0.15, 0.2) is 48.7 Å². The predicted octanol–water partition coefficient (Wildman–Crippen LogP) is 2.42. The molecule has 2 rings (SSSR count). The van der Waals surface area contributed by atoms with E-state index in [0.717, 1.165) is 0 Å². The van der Waals surface area contributed by atoms with Crippen molar-refractivity contribution in [2.75, 3.05) is 27.2 Å². The van der Waals surface area contributed by atoms with Gasteiger partial charge in [0, 0.05) is 38.5 Å². The number of amides is 2. The molecule has 0 saturated heterocycles. The van der Waals surface area contributed by atoms with Gasteiger partial charge in [-0.3, -0.25) is 9.59 Å². The lowest BCUT2D eigenvalue weighted by atomic mass is 10.2. The molecule has 0 fully saturated rings. The van der Waals surface area contributed by atoms with Crippen molar-refractivity contribution in [1.82, 2.24) is 14.8 Å². The number of hydrogen-bond donors (Lipinski definition) is 0. The summed E-state index contributed by atoms with van der Waals surface area (Å²) >= 11 is 0. The number of likely N-dealkylation sites (N-methyl/N-ethyl adjacent to an activating group) is 2. The van der Waals surface area contributed by atoms with Crippen molar-refractivity contribution in [3.63, 3.8) is 0 Å². The minimum atomic E-state index is -0.229. The Kier molecular flexibility index (Phi) is 5.89. The molecule has 0 atom stereocenters. The van der Waals surface area contributed by atoms with Crippen LogP contribution in [0.1, 0.15) is 17.3 Å². The van der Waals surface area contributed by atoms with Gasteiger partial charge in [-0.15, -0.1) is 0 Å². The van der Waals surface area contributed by atoms with Gasteiger partial charge in [0.2, 0.25) is 11.8 Å². The van der Waals surface area contributed by atoms with Gasteiger partial charge in [-0.25, -0.2) is 4.98 Å². The van der Waals surface area contributed by atoms with Crippen LogP contribution in [0.25, 0.3) is 0 Å². The maximum absolute atomic E-state index is 12.6. The molecule has 0 bridgehead atoms. The fourth-order valence-electron chi connectivity index (χ4n) is 2.02. The smallest absolute Gasteiger partial charge is 0.254 e. The van der Waals surface area contributed by atoms with Gasteiger partial charge in [0.25, 0.3) is 5.91 Å². The summed E-state index contributed by atoms with van der Waals surface area (Å²) in [7, 11) is 3.33. The molecule has 0 radical (unpaired) electrons. The second-order valence-electron chi connectivity index (χ2n) is 5.41. The monoisotopic (exact) mass is 327 g/mol. The third-order valence-corrected chi connectivity index (χ3v) is 3.44. The Morgan fingerprint density at radius 3 is 2.46 bits per heavy atom. The maximum atomic E-state index is 12.6. The van der Waals surface area contributed by atoms with Crippen LogP contribution in [0.4, 0.5) is 0 Å². The molecule has 24 heavy (non-hydrogen) atoms. The zero-order valence-electron chi connectivity index (χ0n) is 14.1. The third kappa shape index (κ3) is 4.55. The van der Waals surface area contributed by atoms with Gasteiger partial charge in [0.05, 0.1) is 6.54 Å². The number of carbonyl (C=O) groups excluding carboxylic acids is 2. The highest BCUT2D eigenvalue weighted by atomic mass is 16.5. The predicted molar refractivity (Wildman–Crippen MR) is 91.0 cm³/mol. The molecule has 6 nitrogen and oxygen atoms in total. The van der Waals surface area contributed by atoms with Crippen LogP contribution in [0.2, 0.25) is 0 Å². The molecular formula is C18H21N3O3. The van der Waals surface area contributed by atoms with Crippen LogP contribution in [-0.4, -0.2) is 53.8 Å². The van der Waals surface area contributed by atoms with E-state index < -0.39 is 0 Å². The topological polar surface area (TPSA) is 62.7 Å². The lowest BCUT2D eigenvalue weighted by molar-refractivity contribution is -0.129. The van der Waals surface area contributed by atoms with Gasteiger partial charge < -0.3 is 14.5 Å². The van der Waals surface area contributed by atoms with Crippen molar-refractivity contribution in [2.24, 2.45) is 0 Å². The molecule has 0 unspecified atom stereocenters. The lowest BCUT2D eigenvalue weighted by Crippen LogP contribution is -2.40. The van der Waals surface area contributed by atoms with Crippen LogP contribution < -0.4 is 4.74 Å². The molecule has 126 valence electrons. The van der Waals surface area contributed by atoms with E-state index in [9.17, 15) is 9.59 Å². The standard InChI is InChI=1S/C18H21N3O3/c1-4-21(13-17(22)20(2)3)18(23)14-10-11-19-16(12-14)24-15-8-6-5-7-9-15/h5-12H,4,13H2,1-3H3. The largest absolute Gasteiger partial charge is 0.439 e. The summed E-state index contributed by atoms with van der Waals surface area (Å²) in [6.07, 6.45) is 1.52. The highest BCUT2D eigenvalue weighted by Gasteiger charge is 2.19. The Labute approximate surface area is 141 Å². The number of carbonyl (C=O) groups is 2. The van der Waals surface area contributed by atoms with Crippen molar-refractivity contribution in [2.45, 2.75) is 6.92 Å². The van der Waals surface area contributed by atoms with Crippen molar-refractivity contribution in [3.8, 4) is 11.6 Å². The molecular weight excluding hydrogens is 306 g/mol. The van der Waals surface area contributed by atoms with E-state index in [2.05, 4.69) is 4.98 Å². The molecule has 0 aliphatic carbocycles. The van der Waals surface area contributed by atoms with Gasteiger partial charge in [-0.05, 0) is 25.1 Å². The number of para-hydroxylation sites is 1. The summed E-state index contributed by atoms with van der Waals surface area (Å²) in [5.41, 5.74) is 0.435. The molecule has 0 aliphatic rings. The molecule has 0 N–H and O–H groups in total. The Hall–Kier alpha value is -2.89. The molecule has 6 heteroatoms. The first-order valence-electron chi connectivity index (χ1n) is 7.69. The van der Waals surface area contributed by atoms with Crippen molar-refractivity contribution >= 4 is 11.8 Å². The summed E-state index contributed by atoms with van der Waals surface area (Å²) in [5, 5.41) is 0. The van der Waals surface area contributed by atoms with Gasteiger partial charge in [0.1, 0.15) is 5.75 Å². The first kappa shape index (κ1) is 17.5. The number of benzene rings is 1. The minimum absolute atomic E-state index is 0.0412. The third-order valence-electron chi connectivity index (χ3n) is 3.44. The summed E-state index contributed by atoms with van der Waals surface area (Å²) in [6, 6.07) is 12.4. The van der Waals surface area contributed by atoms with Crippen molar-refractivity contribution in [1.29, 1.82) is 0 Å². The highest BCUT2D eigenvalue weighted by Crippen LogP contribution is 2.20. The summed E-state index contributed by atoms with van der Waals surface area (Å²) in [6.45, 7) is 2.32. The van der Waals surface area contributed by atoms with Gasteiger partial charge in [0.15, 0.2) is 0 Å². The SMILES string of the molecule is CCN(CC(=O)N(C)C)C(=O)c1ccnc(Oc2ccccc2)c1. The van der Waals surface area contributed by atoms with Crippen LogP contribution in [0.3, 0.4) is 0 Å².